The van der Waals surface area contributed by atoms with Gasteiger partial charge in [-0.25, -0.2) is 0 Å². The van der Waals surface area contributed by atoms with Crippen molar-refractivity contribution in [3.05, 3.63) is 57.7 Å². The average Bonchev–Trinajstić information content (AvgIpc) is 2.71. The fourth-order valence-corrected chi connectivity index (χ4v) is 4.21. The molecule has 1 nitrogen and oxygen atoms in total. The first-order chi connectivity index (χ1) is 9.56. The highest BCUT2D eigenvalue weighted by Gasteiger charge is 2.12. The van der Waals surface area contributed by atoms with Gasteiger partial charge >= 0.3 is 0 Å². The lowest BCUT2D eigenvalue weighted by molar-refractivity contribution is 0.957. The lowest BCUT2D eigenvalue weighted by atomic mass is 10.2. The first-order valence-corrected chi connectivity index (χ1v) is 8.22. The summed E-state index contributed by atoms with van der Waals surface area (Å²) >= 11 is 11.6. The minimum absolute atomic E-state index is 0.806. The highest BCUT2D eigenvalue weighted by atomic mass is 79.9. The minimum atomic E-state index is 0.806. The molecule has 102 valence electrons. The Morgan fingerprint density at radius 3 is 2.70 bits per heavy atom. The number of fused-ring (bicyclic) bond motifs is 1. The summed E-state index contributed by atoms with van der Waals surface area (Å²) in [7, 11) is 2.05. The molecule has 0 unspecified atom stereocenters. The van der Waals surface area contributed by atoms with E-state index in [2.05, 4.69) is 64.9 Å². The summed E-state index contributed by atoms with van der Waals surface area (Å²) < 4.78 is 3.23. The predicted molar refractivity (Wildman–Crippen MR) is 90.9 cm³/mol. The molecule has 0 aliphatic rings. The first kappa shape index (κ1) is 14.1. The zero-order valence-corrected chi connectivity index (χ0v) is 14.3. The quantitative estimate of drug-likeness (QED) is 0.534. The Morgan fingerprint density at radius 1 is 1.15 bits per heavy atom. The third kappa shape index (κ3) is 2.50. The SMILES string of the molecule is Cc1cc(Br)ccc1Sc1cn(C)c2cccc(Cl)c12. The maximum Gasteiger partial charge on any atom is 0.0511 e. The van der Waals surface area contributed by atoms with Crippen molar-refractivity contribution in [3.63, 3.8) is 0 Å². The summed E-state index contributed by atoms with van der Waals surface area (Å²) in [4.78, 5) is 2.44. The summed E-state index contributed by atoms with van der Waals surface area (Å²) in [6.45, 7) is 2.12. The third-order valence-electron chi connectivity index (χ3n) is 3.29. The smallest absolute Gasteiger partial charge is 0.0511 e. The number of benzene rings is 2. The van der Waals surface area contributed by atoms with Crippen molar-refractivity contribution in [2.24, 2.45) is 7.05 Å². The van der Waals surface area contributed by atoms with Crippen molar-refractivity contribution < 1.29 is 0 Å². The van der Waals surface area contributed by atoms with Crippen molar-refractivity contribution in [1.29, 1.82) is 0 Å². The van der Waals surface area contributed by atoms with Gasteiger partial charge < -0.3 is 4.57 Å². The summed E-state index contributed by atoms with van der Waals surface area (Å²) in [5.41, 5.74) is 2.42. The Labute approximate surface area is 136 Å². The van der Waals surface area contributed by atoms with Crippen molar-refractivity contribution in [3.8, 4) is 0 Å². The van der Waals surface area contributed by atoms with E-state index in [1.165, 1.54) is 15.4 Å². The van der Waals surface area contributed by atoms with Gasteiger partial charge in [0.25, 0.3) is 0 Å². The first-order valence-electron chi connectivity index (χ1n) is 6.24. The van der Waals surface area contributed by atoms with E-state index in [1.807, 2.05) is 12.1 Å². The number of halogens is 2. The highest BCUT2D eigenvalue weighted by Crippen LogP contribution is 2.39. The molecule has 0 saturated carbocycles. The molecule has 0 aliphatic heterocycles. The van der Waals surface area contributed by atoms with E-state index < -0.39 is 0 Å². The number of rotatable bonds is 2. The van der Waals surface area contributed by atoms with Gasteiger partial charge in [0.15, 0.2) is 0 Å². The van der Waals surface area contributed by atoms with Crippen LogP contribution in [-0.4, -0.2) is 4.57 Å². The molecule has 4 heteroatoms. The van der Waals surface area contributed by atoms with Crippen LogP contribution in [-0.2, 0) is 7.05 Å². The fourth-order valence-electron chi connectivity index (χ4n) is 2.28. The van der Waals surface area contributed by atoms with Crippen LogP contribution in [0.2, 0.25) is 5.02 Å². The summed E-state index contributed by atoms with van der Waals surface area (Å²) in [5, 5.41) is 1.93. The van der Waals surface area contributed by atoms with E-state index in [-0.39, 0.29) is 0 Å². The largest absolute Gasteiger partial charge is 0.349 e. The van der Waals surface area contributed by atoms with Gasteiger partial charge in [-0.3, -0.25) is 0 Å². The summed E-state index contributed by atoms with van der Waals surface area (Å²) in [6, 6.07) is 12.4. The summed E-state index contributed by atoms with van der Waals surface area (Å²) in [5.74, 6) is 0. The summed E-state index contributed by atoms with van der Waals surface area (Å²) in [6.07, 6.45) is 2.14. The molecule has 0 radical (unpaired) electrons. The average molecular weight is 367 g/mol. The fraction of sp³-hybridized carbons (Fsp3) is 0.125. The van der Waals surface area contributed by atoms with Crippen LogP contribution in [0.4, 0.5) is 0 Å². The molecule has 0 fully saturated rings. The number of hydrogen-bond donors (Lipinski definition) is 0. The standard InChI is InChI=1S/C16H13BrClNS/c1-10-8-11(17)6-7-14(10)20-15-9-19(2)13-5-3-4-12(18)16(13)15/h3-9H,1-2H3. The molecule has 2 aromatic carbocycles. The van der Waals surface area contributed by atoms with Crippen LogP contribution in [0.15, 0.2) is 56.9 Å². The Hall–Kier alpha value is -0.900. The number of aromatic nitrogens is 1. The van der Waals surface area contributed by atoms with Crippen LogP contribution in [0.3, 0.4) is 0 Å². The van der Waals surface area contributed by atoms with Gasteiger partial charge in [0.05, 0.1) is 10.5 Å². The molecule has 0 aliphatic carbocycles. The van der Waals surface area contributed by atoms with E-state index in [0.29, 0.717) is 0 Å². The normalized spacial score (nSPS) is 11.2. The molecule has 0 spiro atoms. The van der Waals surface area contributed by atoms with Crippen molar-refractivity contribution in [2.45, 2.75) is 16.7 Å². The lowest BCUT2D eigenvalue weighted by Crippen LogP contribution is -1.82. The molecule has 3 rings (SSSR count). The van der Waals surface area contributed by atoms with Crippen molar-refractivity contribution in [1.82, 2.24) is 4.57 Å². The van der Waals surface area contributed by atoms with E-state index >= 15 is 0 Å². The van der Waals surface area contributed by atoms with Crippen LogP contribution in [0.25, 0.3) is 10.9 Å². The maximum absolute atomic E-state index is 6.37. The second-order valence-electron chi connectivity index (χ2n) is 4.75. The van der Waals surface area contributed by atoms with Gasteiger partial charge in [0.1, 0.15) is 0 Å². The highest BCUT2D eigenvalue weighted by molar-refractivity contribution is 9.10. The second-order valence-corrected chi connectivity index (χ2v) is 7.16. The van der Waals surface area contributed by atoms with Gasteiger partial charge in [0, 0.05) is 32.9 Å². The van der Waals surface area contributed by atoms with Crippen molar-refractivity contribution in [2.75, 3.05) is 0 Å². The van der Waals surface area contributed by atoms with Gasteiger partial charge in [-0.2, -0.15) is 0 Å². The van der Waals surface area contributed by atoms with Crippen LogP contribution < -0.4 is 0 Å². The van der Waals surface area contributed by atoms with Crippen LogP contribution in [0.1, 0.15) is 5.56 Å². The Kier molecular flexibility index (Phi) is 3.85. The monoisotopic (exact) mass is 365 g/mol. The third-order valence-corrected chi connectivity index (χ3v) is 5.30. The maximum atomic E-state index is 6.37. The molecule has 0 saturated heterocycles. The minimum Gasteiger partial charge on any atom is -0.349 e. The molecule has 0 amide bonds. The van der Waals surface area contributed by atoms with Crippen LogP contribution >= 0.6 is 39.3 Å². The molecule has 20 heavy (non-hydrogen) atoms. The van der Waals surface area contributed by atoms with Gasteiger partial charge in [0.2, 0.25) is 0 Å². The van der Waals surface area contributed by atoms with E-state index in [9.17, 15) is 0 Å². The number of nitrogens with zero attached hydrogens (tertiary/aromatic N) is 1. The van der Waals surface area contributed by atoms with Gasteiger partial charge in [-0.15, -0.1) is 0 Å². The van der Waals surface area contributed by atoms with E-state index in [0.717, 1.165) is 20.4 Å². The van der Waals surface area contributed by atoms with Crippen molar-refractivity contribution >= 4 is 50.2 Å². The number of aryl methyl sites for hydroxylation is 2. The molecule has 0 bridgehead atoms. The topological polar surface area (TPSA) is 4.93 Å². The Balaban J connectivity index is 2.11. The second kappa shape index (κ2) is 5.47. The van der Waals surface area contributed by atoms with E-state index in [1.54, 1.807) is 11.8 Å². The number of hydrogen-bond acceptors (Lipinski definition) is 1. The van der Waals surface area contributed by atoms with Crippen LogP contribution in [0.5, 0.6) is 0 Å². The zero-order chi connectivity index (χ0) is 14.3. The Morgan fingerprint density at radius 2 is 1.95 bits per heavy atom. The van der Waals surface area contributed by atoms with Gasteiger partial charge in [-0.1, -0.05) is 45.4 Å². The van der Waals surface area contributed by atoms with Gasteiger partial charge in [-0.05, 0) is 42.8 Å². The molecular weight excluding hydrogens is 354 g/mol. The Bertz CT molecular complexity index is 795. The molecule has 1 heterocycles. The molecule has 1 aromatic heterocycles. The lowest BCUT2D eigenvalue weighted by Gasteiger charge is -2.05. The molecular formula is C16H13BrClNS. The molecule has 0 atom stereocenters. The van der Waals surface area contributed by atoms with Crippen LogP contribution in [0, 0.1) is 6.92 Å². The molecule has 3 aromatic rings. The predicted octanol–water partition coefficient (Wildman–Crippen LogP) is 6.05. The zero-order valence-electron chi connectivity index (χ0n) is 11.2. The van der Waals surface area contributed by atoms with E-state index in [4.69, 9.17) is 11.6 Å². The molecule has 0 N–H and O–H groups in total.